The van der Waals surface area contributed by atoms with Gasteiger partial charge < -0.3 is 25.4 Å². The zero-order valence-electron chi connectivity index (χ0n) is 15.3. The predicted molar refractivity (Wildman–Crippen MR) is 96.9 cm³/mol. The second-order valence-corrected chi connectivity index (χ2v) is 6.97. The molecule has 0 radical (unpaired) electrons. The van der Waals surface area contributed by atoms with E-state index < -0.39 is 17.8 Å². The minimum Gasteiger partial charge on any atom is -0.444 e. The first-order valence-corrected chi connectivity index (χ1v) is 8.52. The van der Waals surface area contributed by atoms with Gasteiger partial charge in [0.2, 0.25) is 5.91 Å². The molecule has 3 amide bonds. The number of hydrogen-bond acceptors (Lipinski definition) is 5. The number of carbonyl (C=O) groups is 3. The van der Waals surface area contributed by atoms with Gasteiger partial charge in [0.05, 0.1) is 0 Å². The van der Waals surface area contributed by atoms with Crippen LogP contribution in [0.1, 0.15) is 33.6 Å². The standard InChI is InChI=1S/C18H25N3O5/c1-18(2,3)26-17(24)19-11-15(22)20-12-6-8-13(9-7-12)21-16(23)14-5-4-10-25-14/h6-9,14H,4-5,10-11H2,1-3H3,(H,19,24)(H,20,22)(H,21,23). The third kappa shape index (κ3) is 6.72. The molecule has 1 aliphatic heterocycles. The maximum atomic E-state index is 12.0. The largest absolute Gasteiger partial charge is 0.444 e. The zero-order chi connectivity index (χ0) is 19.2. The van der Waals surface area contributed by atoms with Crippen LogP contribution in [0, 0.1) is 0 Å². The summed E-state index contributed by atoms with van der Waals surface area (Å²) in [4.78, 5) is 35.3. The molecule has 26 heavy (non-hydrogen) atoms. The van der Waals surface area contributed by atoms with Crippen molar-refractivity contribution in [3.63, 3.8) is 0 Å². The summed E-state index contributed by atoms with van der Waals surface area (Å²) >= 11 is 0. The monoisotopic (exact) mass is 363 g/mol. The molecule has 0 spiro atoms. The van der Waals surface area contributed by atoms with Crippen molar-refractivity contribution in [2.24, 2.45) is 0 Å². The van der Waals surface area contributed by atoms with Crippen LogP contribution in [-0.2, 0) is 19.1 Å². The molecule has 1 heterocycles. The van der Waals surface area contributed by atoms with Crippen molar-refractivity contribution < 1.29 is 23.9 Å². The molecule has 0 aromatic heterocycles. The van der Waals surface area contributed by atoms with Gasteiger partial charge in [0, 0.05) is 18.0 Å². The topological polar surface area (TPSA) is 106 Å². The van der Waals surface area contributed by atoms with E-state index in [0.717, 1.165) is 12.8 Å². The number of rotatable bonds is 5. The van der Waals surface area contributed by atoms with Gasteiger partial charge in [-0.2, -0.15) is 0 Å². The number of hydrogen-bond donors (Lipinski definition) is 3. The van der Waals surface area contributed by atoms with Crippen molar-refractivity contribution >= 4 is 29.3 Å². The Balaban J connectivity index is 1.76. The summed E-state index contributed by atoms with van der Waals surface area (Å²) in [6.45, 7) is 5.64. The van der Waals surface area contributed by atoms with Crippen LogP contribution in [0.15, 0.2) is 24.3 Å². The van der Waals surface area contributed by atoms with Gasteiger partial charge in [-0.05, 0) is 57.9 Å². The summed E-state index contributed by atoms with van der Waals surface area (Å²) in [7, 11) is 0. The molecule has 1 aliphatic rings. The molecule has 8 nitrogen and oxygen atoms in total. The summed E-state index contributed by atoms with van der Waals surface area (Å²) in [5.74, 6) is -0.548. The second-order valence-electron chi connectivity index (χ2n) is 6.97. The molecule has 0 bridgehead atoms. The Kier molecular flexibility index (Phi) is 6.57. The molecule has 1 unspecified atom stereocenters. The van der Waals surface area contributed by atoms with Gasteiger partial charge >= 0.3 is 6.09 Å². The third-order valence-corrected chi connectivity index (χ3v) is 3.45. The van der Waals surface area contributed by atoms with Crippen molar-refractivity contribution in [1.29, 1.82) is 0 Å². The summed E-state index contributed by atoms with van der Waals surface area (Å²) in [5, 5.41) is 7.81. The molecule has 2 rings (SSSR count). The average Bonchev–Trinajstić information content (AvgIpc) is 3.08. The van der Waals surface area contributed by atoms with Crippen LogP contribution in [0.25, 0.3) is 0 Å². The fourth-order valence-electron chi connectivity index (χ4n) is 2.32. The van der Waals surface area contributed by atoms with Gasteiger partial charge in [0.25, 0.3) is 5.91 Å². The molecular formula is C18H25N3O5. The molecule has 1 atom stereocenters. The third-order valence-electron chi connectivity index (χ3n) is 3.45. The first kappa shape index (κ1) is 19.7. The summed E-state index contributed by atoms with van der Waals surface area (Å²) < 4.78 is 10.4. The molecule has 0 saturated carbocycles. The van der Waals surface area contributed by atoms with Crippen LogP contribution in [0.3, 0.4) is 0 Å². The van der Waals surface area contributed by atoms with E-state index in [9.17, 15) is 14.4 Å². The van der Waals surface area contributed by atoms with Crippen LogP contribution < -0.4 is 16.0 Å². The summed E-state index contributed by atoms with van der Waals surface area (Å²) in [5.41, 5.74) is 0.552. The second kappa shape index (κ2) is 8.66. The molecule has 1 aromatic rings. The smallest absolute Gasteiger partial charge is 0.408 e. The quantitative estimate of drug-likeness (QED) is 0.744. The van der Waals surface area contributed by atoms with Crippen molar-refractivity contribution in [3.8, 4) is 0 Å². The van der Waals surface area contributed by atoms with Crippen LogP contribution in [0.5, 0.6) is 0 Å². The van der Waals surface area contributed by atoms with Gasteiger partial charge in [0.1, 0.15) is 18.2 Å². The predicted octanol–water partition coefficient (Wildman–Crippen LogP) is 2.27. The van der Waals surface area contributed by atoms with E-state index in [1.165, 1.54) is 0 Å². The van der Waals surface area contributed by atoms with Crippen LogP contribution in [-0.4, -0.2) is 42.8 Å². The number of carbonyl (C=O) groups excluding carboxylic acids is 3. The highest BCUT2D eigenvalue weighted by atomic mass is 16.6. The van der Waals surface area contributed by atoms with E-state index in [-0.39, 0.29) is 18.4 Å². The van der Waals surface area contributed by atoms with E-state index in [1.54, 1.807) is 45.0 Å². The van der Waals surface area contributed by atoms with Crippen molar-refractivity contribution in [2.45, 2.75) is 45.3 Å². The van der Waals surface area contributed by atoms with Crippen molar-refractivity contribution in [3.05, 3.63) is 24.3 Å². The van der Waals surface area contributed by atoms with Crippen LogP contribution in [0.2, 0.25) is 0 Å². The van der Waals surface area contributed by atoms with Gasteiger partial charge in [0.15, 0.2) is 0 Å². The molecule has 0 aliphatic carbocycles. The lowest BCUT2D eigenvalue weighted by Gasteiger charge is -2.19. The lowest BCUT2D eigenvalue weighted by Crippen LogP contribution is -2.37. The van der Waals surface area contributed by atoms with E-state index in [2.05, 4.69) is 16.0 Å². The molecule has 1 fully saturated rings. The average molecular weight is 363 g/mol. The highest BCUT2D eigenvalue weighted by Crippen LogP contribution is 2.17. The minimum atomic E-state index is -0.653. The van der Waals surface area contributed by atoms with E-state index in [4.69, 9.17) is 9.47 Å². The van der Waals surface area contributed by atoms with Crippen molar-refractivity contribution in [2.75, 3.05) is 23.8 Å². The fourth-order valence-corrected chi connectivity index (χ4v) is 2.32. The lowest BCUT2D eigenvalue weighted by molar-refractivity contribution is -0.124. The maximum Gasteiger partial charge on any atom is 0.408 e. The Morgan fingerprint density at radius 3 is 2.27 bits per heavy atom. The number of benzene rings is 1. The lowest BCUT2D eigenvalue weighted by atomic mass is 10.2. The van der Waals surface area contributed by atoms with Crippen molar-refractivity contribution in [1.82, 2.24) is 5.32 Å². The first-order chi connectivity index (χ1) is 12.2. The minimum absolute atomic E-state index is 0.166. The first-order valence-electron chi connectivity index (χ1n) is 8.52. The highest BCUT2D eigenvalue weighted by Gasteiger charge is 2.23. The molecule has 1 saturated heterocycles. The fraction of sp³-hybridized carbons (Fsp3) is 0.500. The SMILES string of the molecule is CC(C)(C)OC(=O)NCC(=O)Nc1ccc(NC(=O)C2CCCO2)cc1. The molecular weight excluding hydrogens is 338 g/mol. The van der Waals surface area contributed by atoms with E-state index in [0.29, 0.717) is 18.0 Å². The van der Waals surface area contributed by atoms with Gasteiger partial charge in [-0.3, -0.25) is 9.59 Å². The number of anilines is 2. The molecule has 1 aromatic carbocycles. The molecule has 3 N–H and O–H groups in total. The molecule has 8 heteroatoms. The zero-order valence-corrected chi connectivity index (χ0v) is 15.3. The number of alkyl carbamates (subject to hydrolysis) is 1. The number of nitrogens with one attached hydrogen (secondary N) is 3. The summed E-state index contributed by atoms with van der Waals surface area (Å²) in [6, 6.07) is 6.69. The van der Waals surface area contributed by atoms with Gasteiger partial charge in [-0.1, -0.05) is 0 Å². The Morgan fingerprint density at radius 1 is 1.12 bits per heavy atom. The van der Waals surface area contributed by atoms with Crippen LogP contribution >= 0.6 is 0 Å². The van der Waals surface area contributed by atoms with Gasteiger partial charge in [-0.25, -0.2) is 4.79 Å². The maximum absolute atomic E-state index is 12.0. The highest BCUT2D eigenvalue weighted by molar-refractivity contribution is 5.96. The number of ether oxygens (including phenoxy) is 2. The Hall–Kier alpha value is -2.61. The number of amides is 3. The normalized spacial score (nSPS) is 16.7. The van der Waals surface area contributed by atoms with Gasteiger partial charge in [-0.15, -0.1) is 0 Å². The Bertz CT molecular complexity index is 646. The Morgan fingerprint density at radius 2 is 1.73 bits per heavy atom. The molecule has 142 valence electrons. The van der Waals surface area contributed by atoms with E-state index in [1.807, 2.05) is 0 Å². The van der Waals surface area contributed by atoms with Crippen LogP contribution in [0.4, 0.5) is 16.2 Å². The van der Waals surface area contributed by atoms with E-state index >= 15 is 0 Å². The Labute approximate surface area is 152 Å². The summed E-state index contributed by atoms with van der Waals surface area (Å²) in [6.07, 6.45) is 0.568.